The molecular weight excluding hydrogens is 256 g/mol. The van der Waals surface area contributed by atoms with Crippen molar-refractivity contribution < 1.29 is 0 Å². The second-order valence-electron chi connectivity index (χ2n) is 8.13. The van der Waals surface area contributed by atoms with Crippen LogP contribution in [0.2, 0.25) is 0 Å². The fraction of sp³-hybridized carbons (Fsp3) is 1.00. The summed E-state index contributed by atoms with van der Waals surface area (Å²) in [4.78, 5) is 2.86. The molecule has 0 aromatic carbocycles. The van der Waals surface area contributed by atoms with Crippen molar-refractivity contribution in [1.82, 2.24) is 10.2 Å². The number of hydrogen-bond acceptors (Lipinski definition) is 2. The minimum Gasteiger partial charge on any atom is -0.308 e. The normalized spacial score (nSPS) is 34.3. The van der Waals surface area contributed by atoms with Gasteiger partial charge in [-0.05, 0) is 37.0 Å². The maximum absolute atomic E-state index is 3.90. The summed E-state index contributed by atoms with van der Waals surface area (Å²) in [7, 11) is 0. The highest BCUT2D eigenvalue weighted by Crippen LogP contribution is 2.33. The third kappa shape index (κ3) is 4.01. The van der Waals surface area contributed by atoms with Crippen LogP contribution in [0.3, 0.4) is 0 Å². The molecule has 0 amide bonds. The van der Waals surface area contributed by atoms with E-state index in [1.165, 1.54) is 58.2 Å². The lowest BCUT2D eigenvalue weighted by Gasteiger charge is -2.50. The Morgan fingerprint density at radius 1 is 1.14 bits per heavy atom. The average Bonchev–Trinajstić information content (AvgIpc) is 2.49. The third-order valence-corrected chi connectivity index (χ3v) is 6.54. The molecule has 0 aromatic heterocycles. The van der Waals surface area contributed by atoms with Crippen LogP contribution in [0.15, 0.2) is 0 Å². The maximum atomic E-state index is 3.90. The van der Waals surface area contributed by atoms with Crippen LogP contribution >= 0.6 is 0 Å². The maximum Gasteiger partial charge on any atom is 0.0304 e. The van der Waals surface area contributed by atoms with Gasteiger partial charge in [-0.25, -0.2) is 0 Å². The van der Waals surface area contributed by atoms with Crippen molar-refractivity contribution in [2.75, 3.05) is 19.6 Å². The van der Waals surface area contributed by atoms with Crippen molar-refractivity contribution in [2.45, 2.75) is 84.7 Å². The summed E-state index contributed by atoms with van der Waals surface area (Å²) >= 11 is 0. The summed E-state index contributed by atoms with van der Waals surface area (Å²) < 4.78 is 0. The zero-order chi connectivity index (χ0) is 15.5. The molecular formula is C19H38N2. The fourth-order valence-corrected chi connectivity index (χ4v) is 4.56. The smallest absolute Gasteiger partial charge is 0.0304 e. The van der Waals surface area contributed by atoms with Gasteiger partial charge in [-0.3, -0.25) is 4.90 Å². The van der Waals surface area contributed by atoms with Gasteiger partial charge in [0.2, 0.25) is 0 Å². The molecule has 3 atom stereocenters. The molecule has 2 fully saturated rings. The third-order valence-electron chi connectivity index (χ3n) is 6.54. The van der Waals surface area contributed by atoms with Gasteiger partial charge < -0.3 is 5.32 Å². The molecule has 0 bridgehead atoms. The van der Waals surface area contributed by atoms with Crippen LogP contribution in [-0.2, 0) is 0 Å². The SMILES string of the molecule is CCC1(CC)CN(CC2CCCCC2C)C(C(C)C)CN1. The monoisotopic (exact) mass is 294 g/mol. The van der Waals surface area contributed by atoms with E-state index >= 15 is 0 Å². The van der Waals surface area contributed by atoms with Crippen LogP contribution in [0.1, 0.15) is 73.1 Å². The highest BCUT2D eigenvalue weighted by atomic mass is 15.3. The first kappa shape index (κ1) is 17.3. The molecule has 1 saturated heterocycles. The van der Waals surface area contributed by atoms with Gasteiger partial charge in [0.25, 0.3) is 0 Å². The Bertz CT molecular complexity index is 309. The fourth-order valence-electron chi connectivity index (χ4n) is 4.56. The number of rotatable bonds is 5. The van der Waals surface area contributed by atoms with Crippen LogP contribution in [0.4, 0.5) is 0 Å². The van der Waals surface area contributed by atoms with Crippen LogP contribution in [-0.4, -0.2) is 36.1 Å². The average molecular weight is 295 g/mol. The lowest BCUT2D eigenvalue weighted by molar-refractivity contribution is 0.0253. The van der Waals surface area contributed by atoms with Crippen LogP contribution in [0, 0.1) is 17.8 Å². The van der Waals surface area contributed by atoms with Crippen LogP contribution < -0.4 is 5.32 Å². The molecule has 21 heavy (non-hydrogen) atoms. The molecule has 3 unspecified atom stereocenters. The van der Waals surface area contributed by atoms with E-state index in [2.05, 4.69) is 44.8 Å². The van der Waals surface area contributed by atoms with E-state index < -0.39 is 0 Å². The summed E-state index contributed by atoms with van der Waals surface area (Å²) in [6.07, 6.45) is 8.34. The van der Waals surface area contributed by atoms with Gasteiger partial charge in [-0.1, -0.05) is 53.9 Å². The zero-order valence-corrected chi connectivity index (χ0v) is 15.1. The molecule has 1 aliphatic heterocycles. The summed E-state index contributed by atoms with van der Waals surface area (Å²) in [5, 5.41) is 3.90. The Kier molecular flexibility index (Phi) is 6.14. The second-order valence-corrected chi connectivity index (χ2v) is 8.13. The number of nitrogens with zero attached hydrogens (tertiary/aromatic N) is 1. The van der Waals surface area contributed by atoms with E-state index in [9.17, 15) is 0 Å². The Morgan fingerprint density at radius 2 is 1.81 bits per heavy atom. The molecule has 2 nitrogen and oxygen atoms in total. The Balaban J connectivity index is 2.06. The molecule has 1 N–H and O–H groups in total. The van der Waals surface area contributed by atoms with Gasteiger partial charge in [0, 0.05) is 31.2 Å². The lowest BCUT2D eigenvalue weighted by atomic mass is 9.78. The van der Waals surface area contributed by atoms with Crippen molar-refractivity contribution in [1.29, 1.82) is 0 Å². The second kappa shape index (κ2) is 7.46. The van der Waals surface area contributed by atoms with E-state index in [-0.39, 0.29) is 0 Å². The van der Waals surface area contributed by atoms with Gasteiger partial charge in [0.15, 0.2) is 0 Å². The topological polar surface area (TPSA) is 15.3 Å². The molecule has 2 aliphatic rings. The Hall–Kier alpha value is -0.0800. The molecule has 2 rings (SSSR count). The van der Waals surface area contributed by atoms with Gasteiger partial charge >= 0.3 is 0 Å². The molecule has 1 heterocycles. The predicted molar refractivity (Wildman–Crippen MR) is 92.6 cm³/mol. The summed E-state index contributed by atoms with van der Waals surface area (Å²) in [5.41, 5.74) is 0.364. The van der Waals surface area contributed by atoms with Gasteiger partial charge in [0.05, 0.1) is 0 Å². The molecule has 1 aliphatic carbocycles. The van der Waals surface area contributed by atoms with Crippen LogP contribution in [0.25, 0.3) is 0 Å². The first-order valence-electron chi connectivity index (χ1n) is 9.50. The predicted octanol–water partition coefficient (Wildman–Crippen LogP) is 4.30. The van der Waals surface area contributed by atoms with Gasteiger partial charge in [-0.2, -0.15) is 0 Å². The molecule has 0 radical (unpaired) electrons. The summed E-state index contributed by atoms with van der Waals surface area (Å²) in [5.74, 6) is 2.62. The first-order chi connectivity index (χ1) is 10.0. The lowest BCUT2D eigenvalue weighted by Crippen LogP contribution is -2.65. The van der Waals surface area contributed by atoms with Crippen molar-refractivity contribution in [3.8, 4) is 0 Å². The zero-order valence-electron chi connectivity index (χ0n) is 15.1. The van der Waals surface area contributed by atoms with Crippen molar-refractivity contribution in [3.63, 3.8) is 0 Å². The highest BCUT2D eigenvalue weighted by Gasteiger charge is 2.39. The molecule has 2 heteroatoms. The summed E-state index contributed by atoms with van der Waals surface area (Å²) in [6, 6.07) is 0.727. The van der Waals surface area contributed by atoms with Crippen molar-refractivity contribution >= 4 is 0 Å². The van der Waals surface area contributed by atoms with Gasteiger partial charge in [-0.15, -0.1) is 0 Å². The van der Waals surface area contributed by atoms with Crippen molar-refractivity contribution in [3.05, 3.63) is 0 Å². The van der Waals surface area contributed by atoms with E-state index in [0.717, 1.165) is 23.8 Å². The van der Waals surface area contributed by atoms with E-state index in [1.807, 2.05) is 0 Å². The quantitative estimate of drug-likeness (QED) is 0.813. The Labute approximate surface area is 133 Å². The number of piperazine rings is 1. The Morgan fingerprint density at radius 3 is 2.38 bits per heavy atom. The van der Waals surface area contributed by atoms with E-state index in [0.29, 0.717) is 5.54 Å². The van der Waals surface area contributed by atoms with E-state index in [1.54, 1.807) is 0 Å². The largest absolute Gasteiger partial charge is 0.308 e. The minimum atomic E-state index is 0.364. The van der Waals surface area contributed by atoms with Crippen molar-refractivity contribution in [2.24, 2.45) is 17.8 Å². The van der Waals surface area contributed by atoms with Crippen LogP contribution in [0.5, 0.6) is 0 Å². The molecule has 124 valence electrons. The standard InChI is InChI=1S/C19H38N2/c1-6-19(7-2)14-21(18(12-20-19)15(3)4)13-17-11-9-8-10-16(17)5/h15-18,20H,6-14H2,1-5H3. The highest BCUT2D eigenvalue weighted by molar-refractivity contribution is 4.98. The van der Waals surface area contributed by atoms with E-state index in [4.69, 9.17) is 0 Å². The molecule has 0 aromatic rings. The summed E-state index contributed by atoms with van der Waals surface area (Å²) in [6.45, 7) is 15.8. The number of nitrogens with one attached hydrogen (secondary N) is 1. The van der Waals surface area contributed by atoms with Gasteiger partial charge in [0.1, 0.15) is 0 Å². The molecule has 1 saturated carbocycles. The first-order valence-corrected chi connectivity index (χ1v) is 9.50. The minimum absolute atomic E-state index is 0.364. The number of hydrogen-bond donors (Lipinski definition) is 1. The molecule has 0 spiro atoms.